The second-order valence-corrected chi connectivity index (χ2v) is 8.07. The lowest BCUT2D eigenvalue weighted by Crippen LogP contribution is -2.40. The Labute approximate surface area is 167 Å². The highest BCUT2D eigenvalue weighted by atomic mass is 16.5. The molecule has 0 bridgehead atoms. The molecule has 2 saturated heterocycles. The number of amides is 1. The molecule has 0 N–H and O–H groups in total. The Hall–Kier alpha value is -2.34. The predicted molar refractivity (Wildman–Crippen MR) is 110 cm³/mol. The van der Waals surface area contributed by atoms with Crippen LogP contribution in [0.2, 0.25) is 0 Å². The van der Waals surface area contributed by atoms with E-state index in [-0.39, 0.29) is 5.91 Å². The maximum atomic E-state index is 12.9. The number of hydrogen-bond acceptors (Lipinski definition) is 4. The highest BCUT2D eigenvalue weighted by molar-refractivity contribution is 5.96. The van der Waals surface area contributed by atoms with Crippen LogP contribution in [-0.2, 0) is 4.74 Å². The second-order valence-electron chi connectivity index (χ2n) is 8.07. The summed E-state index contributed by atoms with van der Waals surface area (Å²) in [5.74, 6) is 1.94. The number of pyridine rings is 1. The van der Waals surface area contributed by atoms with E-state index in [1.807, 2.05) is 31.0 Å². The molecule has 0 radical (unpaired) electrons. The second kappa shape index (κ2) is 7.95. The fourth-order valence-corrected chi connectivity index (χ4v) is 4.25. The molecule has 0 aliphatic carbocycles. The summed E-state index contributed by atoms with van der Waals surface area (Å²) in [4.78, 5) is 21.9. The first-order valence-corrected chi connectivity index (χ1v) is 10.3. The number of anilines is 1. The van der Waals surface area contributed by atoms with Gasteiger partial charge in [-0.2, -0.15) is 0 Å². The maximum Gasteiger partial charge on any atom is 0.255 e. The molecule has 28 heavy (non-hydrogen) atoms. The summed E-state index contributed by atoms with van der Waals surface area (Å²) in [6.45, 7) is 11.1. The lowest BCUT2D eigenvalue weighted by Gasteiger charge is -2.31. The van der Waals surface area contributed by atoms with Crippen molar-refractivity contribution in [1.82, 2.24) is 14.5 Å². The number of aromatic nitrogens is 2. The summed E-state index contributed by atoms with van der Waals surface area (Å²) in [5, 5.41) is 0. The van der Waals surface area contributed by atoms with Gasteiger partial charge in [-0.3, -0.25) is 4.79 Å². The molecule has 2 aliphatic rings. The first-order valence-electron chi connectivity index (χ1n) is 10.3. The Kier molecular flexibility index (Phi) is 5.40. The van der Waals surface area contributed by atoms with E-state index in [1.54, 1.807) is 0 Å². The molecule has 0 spiro atoms. The quantitative estimate of drug-likeness (QED) is 0.818. The number of carbonyl (C=O) groups is 1. The lowest BCUT2D eigenvalue weighted by atomic mass is 9.99. The molecule has 2 aliphatic heterocycles. The average Bonchev–Trinajstić information content (AvgIpc) is 3.03. The van der Waals surface area contributed by atoms with Gasteiger partial charge in [0.15, 0.2) is 0 Å². The van der Waals surface area contributed by atoms with Crippen molar-refractivity contribution >= 4 is 11.7 Å². The molecule has 2 aromatic heterocycles. The van der Waals surface area contributed by atoms with Crippen molar-refractivity contribution in [2.45, 2.75) is 33.6 Å². The van der Waals surface area contributed by atoms with Crippen LogP contribution in [-0.4, -0.2) is 59.8 Å². The van der Waals surface area contributed by atoms with Crippen molar-refractivity contribution in [2.75, 3.05) is 44.3 Å². The van der Waals surface area contributed by atoms with Crippen LogP contribution in [0.4, 0.5) is 5.82 Å². The fourth-order valence-electron chi connectivity index (χ4n) is 4.25. The highest BCUT2D eigenvalue weighted by Crippen LogP contribution is 2.25. The van der Waals surface area contributed by atoms with Gasteiger partial charge < -0.3 is 19.1 Å². The minimum atomic E-state index is 0.0923. The smallest absolute Gasteiger partial charge is 0.255 e. The minimum absolute atomic E-state index is 0.0923. The number of rotatable bonds is 3. The molecule has 6 nitrogen and oxygen atoms in total. The monoisotopic (exact) mass is 382 g/mol. The van der Waals surface area contributed by atoms with Crippen molar-refractivity contribution in [1.29, 1.82) is 0 Å². The van der Waals surface area contributed by atoms with Crippen molar-refractivity contribution in [2.24, 2.45) is 5.92 Å². The number of piperidine rings is 1. The third-order valence-corrected chi connectivity index (χ3v) is 6.06. The summed E-state index contributed by atoms with van der Waals surface area (Å²) in [6.07, 6.45) is 4.38. The van der Waals surface area contributed by atoms with Crippen LogP contribution in [0, 0.1) is 19.8 Å². The Bertz CT molecular complexity index is 829. The minimum Gasteiger partial charge on any atom is -0.378 e. The zero-order valence-electron chi connectivity index (χ0n) is 17.1. The molecule has 1 amide bonds. The van der Waals surface area contributed by atoms with Crippen LogP contribution in [0.25, 0.3) is 5.69 Å². The molecule has 0 saturated carbocycles. The SMILES string of the molecule is Cc1cc(C(=O)N2CCOCC2)c(C)n1-c1ccc(N2CCC(C)CC2)nc1. The van der Waals surface area contributed by atoms with Gasteiger partial charge in [-0.1, -0.05) is 6.92 Å². The van der Waals surface area contributed by atoms with Gasteiger partial charge >= 0.3 is 0 Å². The molecular formula is C22H30N4O2. The summed E-state index contributed by atoms with van der Waals surface area (Å²) in [7, 11) is 0. The van der Waals surface area contributed by atoms with E-state index in [1.165, 1.54) is 12.8 Å². The van der Waals surface area contributed by atoms with Crippen molar-refractivity contribution < 1.29 is 9.53 Å². The summed E-state index contributed by atoms with van der Waals surface area (Å²) < 4.78 is 7.50. The van der Waals surface area contributed by atoms with Crippen LogP contribution in [0.1, 0.15) is 41.5 Å². The summed E-state index contributed by atoms with van der Waals surface area (Å²) in [6, 6.07) is 6.21. The average molecular weight is 383 g/mol. The van der Waals surface area contributed by atoms with Gasteiger partial charge in [0.1, 0.15) is 5.82 Å². The van der Waals surface area contributed by atoms with E-state index < -0.39 is 0 Å². The van der Waals surface area contributed by atoms with Gasteiger partial charge in [-0.15, -0.1) is 0 Å². The molecule has 4 rings (SSSR count). The van der Waals surface area contributed by atoms with E-state index in [2.05, 4.69) is 28.5 Å². The van der Waals surface area contributed by atoms with Crippen LogP contribution >= 0.6 is 0 Å². The number of ether oxygens (including phenoxy) is 1. The van der Waals surface area contributed by atoms with E-state index in [0.29, 0.717) is 26.3 Å². The van der Waals surface area contributed by atoms with E-state index >= 15 is 0 Å². The Morgan fingerprint density at radius 3 is 2.46 bits per heavy atom. The van der Waals surface area contributed by atoms with Gasteiger partial charge in [-0.25, -0.2) is 4.98 Å². The molecule has 0 unspecified atom stereocenters. The number of aryl methyl sites for hydroxylation is 1. The number of hydrogen-bond donors (Lipinski definition) is 0. The molecule has 4 heterocycles. The molecule has 0 atom stereocenters. The van der Waals surface area contributed by atoms with Crippen LogP contribution in [0.15, 0.2) is 24.4 Å². The fraction of sp³-hybridized carbons (Fsp3) is 0.545. The van der Waals surface area contributed by atoms with Crippen LogP contribution < -0.4 is 4.90 Å². The standard InChI is InChI=1S/C22H30N4O2/c1-16-6-8-24(9-7-16)21-5-4-19(15-23-21)26-17(2)14-20(18(26)3)22(27)25-10-12-28-13-11-25/h4-5,14-16H,6-13H2,1-3H3. The van der Waals surface area contributed by atoms with Crippen molar-refractivity contribution in [3.8, 4) is 5.69 Å². The van der Waals surface area contributed by atoms with Crippen LogP contribution in [0.5, 0.6) is 0 Å². The molecular weight excluding hydrogens is 352 g/mol. The predicted octanol–water partition coefficient (Wildman–Crippen LogP) is 3.20. The molecule has 0 aromatic carbocycles. The topological polar surface area (TPSA) is 50.6 Å². The van der Waals surface area contributed by atoms with E-state index in [9.17, 15) is 4.79 Å². The zero-order valence-corrected chi connectivity index (χ0v) is 17.1. The third kappa shape index (κ3) is 3.65. The van der Waals surface area contributed by atoms with E-state index in [4.69, 9.17) is 9.72 Å². The van der Waals surface area contributed by atoms with Gasteiger partial charge in [0.2, 0.25) is 0 Å². The van der Waals surface area contributed by atoms with Gasteiger partial charge in [0.05, 0.1) is 30.7 Å². The maximum absolute atomic E-state index is 12.9. The number of carbonyl (C=O) groups excluding carboxylic acids is 1. The number of morpholine rings is 1. The van der Waals surface area contributed by atoms with E-state index in [0.717, 1.165) is 47.5 Å². The molecule has 2 fully saturated rings. The Morgan fingerprint density at radius 2 is 1.82 bits per heavy atom. The summed E-state index contributed by atoms with van der Waals surface area (Å²) >= 11 is 0. The van der Waals surface area contributed by atoms with Crippen LogP contribution in [0.3, 0.4) is 0 Å². The third-order valence-electron chi connectivity index (χ3n) is 6.06. The largest absolute Gasteiger partial charge is 0.378 e. The van der Waals surface area contributed by atoms with Gasteiger partial charge in [0, 0.05) is 37.6 Å². The van der Waals surface area contributed by atoms with Gasteiger partial charge in [-0.05, 0) is 50.8 Å². The number of nitrogens with zero attached hydrogens (tertiary/aromatic N) is 4. The molecule has 2 aromatic rings. The Balaban J connectivity index is 1.56. The molecule has 6 heteroatoms. The normalized spacial score (nSPS) is 18.5. The lowest BCUT2D eigenvalue weighted by molar-refractivity contribution is 0.0302. The first-order chi connectivity index (χ1) is 13.5. The van der Waals surface area contributed by atoms with Gasteiger partial charge in [0.25, 0.3) is 5.91 Å². The first kappa shape index (κ1) is 19.0. The van der Waals surface area contributed by atoms with Crippen molar-refractivity contribution in [3.63, 3.8) is 0 Å². The highest BCUT2D eigenvalue weighted by Gasteiger charge is 2.24. The zero-order chi connectivity index (χ0) is 19.7. The van der Waals surface area contributed by atoms with Crippen molar-refractivity contribution in [3.05, 3.63) is 41.3 Å². The Morgan fingerprint density at radius 1 is 1.11 bits per heavy atom. The summed E-state index contributed by atoms with van der Waals surface area (Å²) in [5.41, 5.74) is 3.80. The molecule has 150 valence electrons.